The fourth-order valence-corrected chi connectivity index (χ4v) is 3.28. The van der Waals surface area contributed by atoms with Crippen molar-refractivity contribution in [3.8, 4) is 0 Å². The van der Waals surface area contributed by atoms with Crippen molar-refractivity contribution in [3.05, 3.63) is 35.9 Å². The van der Waals surface area contributed by atoms with Crippen molar-refractivity contribution >= 4 is 0 Å². The van der Waals surface area contributed by atoms with Crippen LogP contribution in [-0.2, 0) is 11.3 Å². The smallest absolute Gasteiger partial charge is 0.0590 e. The van der Waals surface area contributed by atoms with Crippen molar-refractivity contribution < 1.29 is 4.74 Å². The maximum atomic E-state index is 6.19. The average Bonchev–Trinajstić information content (AvgIpc) is 2.53. The maximum absolute atomic E-state index is 6.19. The average molecular weight is 276 g/mol. The molecule has 1 saturated heterocycles. The van der Waals surface area contributed by atoms with Gasteiger partial charge < -0.3 is 10.5 Å². The summed E-state index contributed by atoms with van der Waals surface area (Å²) in [6.45, 7) is 7.99. The van der Waals surface area contributed by atoms with Gasteiger partial charge in [0.15, 0.2) is 0 Å². The number of ether oxygens (including phenoxy) is 1. The van der Waals surface area contributed by atoms with Gasteiger partial charge in [0.25, 0.3) is 0 Å². The molecule has 0 aliphatic carbocycles. The fourth-order valence-electron chi connectivity index (χ4n) is 3.28. The molecule has 2 N–H and O–H groups in total. The van der Waals surface area contributed by atoms with Crippen molar-refractivity contribution in [2.24, 2.45) is 5.73 Å². The van der Waals surface area contributed by atoms with Gasteiger partial charge in [-0.2, -0.15) is 0 Å². The third-order valence-corrected chi connectivity index (χ3v) is 4.63. The Morgan fingerprint density at radius 3 is 2.65 bits per heavy atom. The van der Waals surface area contributed by atoms with Crippen molar-refractivity contribution in [1.29, 1.82) is 0 Å². The monoisotopic (exact) mass is 276 g/mol. The van der Waals surface area contributed by atoms with Crippen LogP contribution in [0.25, 0.3) is 0 Å². The first kappa shape index (κ1) is 15.5. The number of rotatable bonds is 6. The minimum absolute atomic E-state index is 0.101. The van der Waals surface area contributed by atoms with Gasteiger partial charge >= 0.3 is 0 Å². The second kappa shape index (κ2) is 7.21. The SMILES string of the molecule is CCC1CC(CN)(N(CC)Cc2ccccc2)CCO1. The summed E-state index contributed by atoms with van der Waals surface area (Å²) in [7, 11) is 0. The predicted octanol–water partition coefficient (Wildman–Crippen LogP) is 2.80. The highest BCUT2D eigenvalue weighted by Crippen LogP contribution is 2.32. The number of nitrogens with zero attached hydrogens (tertiary/aromatic N) is 1. The Bertz CT molecular complexity index is 395. The summed E-state index contributed by atoms with van der Waals surface area (Å²) in [4.78, 5) is 2.55. The van der Waals surface area contributed by atoms with E-state index in [1.54, 1.807) is 0 Å². The van der Waals surface area contributed by atoms with E-state index in [0.29, 0.717) is 12.6 Å². The van der Waals surface area contributed by atoms with E-state index in [1.165, 1.54) is 5.56 Å². The van der Waals surface area contributed by atoms with Crippen LogP contribution in [0.3, 0.4) is 0 Å². The molecule has 20 heavy (non-hydrogen) atoms. The van der Waals surface area contributed by atoms with Crippen LogP contribution >= 0.6 is 0 Å². The third kappa shape index (κ3) is 3.40. The molecule has 0 aromatic heterocycles. The van der Waals surface area contributed by atoms with Gasteiger partial charge in [-0.1, -0.05) is 44.2 Å². The van der Waals surface area contributed by atoms with Crippen molar-refractivity contribution in [3.63, 3.8) is 0 Å². The highest BCUT2D eigenvalue weighted by Gasteiger charge is 2.39. The second-order valence-corrected chi connectivity index (χ2v) is 5.78. The van der Waals surface area contributed by atoms with Gasteiger partial charge in [-0.25, -0.2) is 0 Å². The van der Waals surface area contributed by atoms with E-state index >= 15 is 0 Å². The van der Waals surface area contributed by atoms with Crippen LogP contribution in [0.4, 0.5) is 0 Å². The molecule has 1 aromatic carbocycles. The van der Waals surface area contributed by atoms with Crippen LogP contribution in [0.2, 0.25) is 0 Å². The fraction of sp³-hybridized carbons (Fsp3) is 0.647. The molecule has 1 heterocycles. The number of nitrogens with two attached hydrogens (primary N) is 1. The van der Waals surface area contributed by atoms with Crippen molar-refractivity contribution in [2.75, 3.05) is 19.7 Å². The zero-order valence-electron chi connectivity index (χ0n) is 12.8. The van der Waals surface area contributed by atoms with Crippen LogP contribution < -0.4 is 5.73 Å². The molecule has 2 unspecified atom stereocenters. The molecule has 1 fully saturated rings. The van der Waals surface area contributed by atoms with Crippen LogP contribution in [-0.4, -0.2) is 36.2 Å². The molecule has 3 heteroatoms. The Morgan fingerprint density at radius 2 is 2.05 bits per heavy atom. The Labute approximate surface area is 123 Å². The molecule has 0 saturated carbocycles. The summed E-state index contributed by atoms with van der Waals surface area (Å²) in [5, 5.41) is 0. The first-order valence-corrected chi connectivity index (χ1v) is 7.84. The summed E-state index contributed by atoms with van der Waals surface area (Å²) in [6, 6.07) is 10.7. The molecule has 1 aromatic rings. The molecular weight excluding hydrogens is 248 g/mol. The lowest BCUT2D eigenvalue weighted by Gasteiger charge is -2.48. The number of benzene rings is 1. The second-order valence-electron chi connectivity index (χ2n) is 5.78. The van der Waals surface area contributed by atoms with E-state index in [9.17, 15) is 0 Å². The Morgan fingerprint density at radius 1 is 1.30 bits per heavy atom. The van der Waals surface area contributed by atoms with Crippen LogP contribution in [0.5, 0.6) is 0 Å². The van der Waals surface area contributed by atoms with E-state index in [4.69, 9.17) is 10.5 Å². The zero-order chi connectivity index (χ0) is 14.4. The number of hydrogen-bond donors (Lipinski definition) is 1. The van der Waals surface area contributed by atoms with Crippen molar-refractivity contribution in [2.45, 2.75) is 51.3 Å². The van der Waals surface area contributed by atoms with Gasteiger partial charge in [-0.15, -0.1) is 0 Å². The van der Waals surface area contributed by atoms with E-state index in [2.05, 4.69) is 49.1 Å². The van der Waals surface area contributed by atoms with E-state index in [0.717, 1.165) is 39.0 Å². The lowest BCUT2D eigenvalue weighted by Crippen LogP contribution is -2.58. The van der Waals surface area contributed by atoms with Gasteiger partial charge in [-0.05, 0) is 31.4 Å². The topological polar surface area (TPSA) is 38.5 Å². The maximum Gasteiger partial charge on any atom is 0.0590 e. The standard InChI is InChI=1S/C17H28N2O/c1-3-16-12-17(14-18,10-11-20-16)19(4-2)13-15-8-6-5-7-9-15/h5-9,16H,3-4,10-14,18H2,1-2H3. The Kier molecular flexibility index (Phi) is 5.58. The zero-order valence-corrected chi connectivity index (χ0v) is 12.8. The molecule has 112 valence electrons. The molecule has 2 atom stereocenters. The molecule has 1 aliphatic heterocycles. The van der Waals surface area contributed by atoms with Crippen LogP contribution in [0.15, 0.2) is 30.3 Å². The van der Waals surface area contributed by atoms with Crippen LogP contribution in [0, 0.1) is 0 Å². The summed E-state index contributed by atoms with van der Waals surface area (Å²) < 4.78 is 5.85. The Hall–Kier alpha value is -0.900. The lowest BCUT2D eigenvalue weighted by molar-refractivity contribution is -0.0734. The normalized spacial score (nSPS) is 26.9. The first-order chi connectivity index (χ1) is 9.74. The highest BCUT2D eigenvalue weighted by atomic mass is 16.5. The molecule has 2 rings (SSSR count). The van der Waals surface area contributed by atoms with Crippen molar-refractivity contribution in [1.82, 2.24) is 4.90 Å². The largest absolute Gasteiger partial charge is 0.378 e. The highest BCUT2D eigenvalue weighted by molar-refractivity contribution is 5.15. The first-order valence-electron chi connectivity index (χ1n) is 7.84. The Balaban J connectivity index is 2.14. The summed E-state index contributed by atoms with van der Waals surface area (Å²) in [6.07, 6.45) is 3.53. The van der Waals surface area contributed by atoms with Gasteiger partial charge in [0.2, 0.25) is 0 Å². The quantitative estimate of drug-likeness (QED) is 0.868. The number of likely N-dealkylation sites (N-methyl/N-ethyl adjacent to an activating group) is 1. The summed E-state index contributed by atoms with van der Waals surface area (Å²) in [5.41, 5.74) is 7.65. The van der Waals surface area contributed by atoms with E-state index < -0.39 is 0 Å². The third-order valence-electron chi connectivity index (χ3n) is 4.63. The molecule has 0 amide bonds. The summed E-state index contributed by atoms with van der Waals surface area (Å²) in [5.74, 6) is 0. The number of hydrogen-bond acceptors (Lipinski definition) is 3. The molecule has 0 spiro atoms. The molecule has 0 radical (unpaired) electrons. The molecule has 0 bridgehead atoms. The van der Waals surface area contributed by atoms with E-state index in [1.807, 2.05) is 0 Å². The molecular formula is C17H28N2O. The van der Waals surface area contributed by atoms with Crippen LogP contribution in [0.1, 0.15) is 38.7 Å². The minimum atomic E-state index is 0.101. The van der Waals surface area contributed by atoms with Gasteiger partial charge in [0.05, 0.1) is 6.10 Å². The summed E-state index contributed by atoms with van der Waals surface area (Å²) >= 11 is 0. The molecule has 3 nitrogen and oxygen atoms in total. The minimum Gasteiger partial charge on any atom is -0.378 e. The van der Waals surface area contributed by atoms with Gasteiger partial charge in [0, 0.05) is 25.2 Å². The lowest BCUT2D eigenvalue weighted by atomic mass is 9.83. The predicted molar refractivity (Wildman–Crippen MR) is 83.6 cm³/mol. The molecule has 1 aliphatic rings. The van der Waals surface area contributed by atoms with Gasteiger partial charge in [-0.3, -0.25) is 4.90 Å². The van der Waals surface area contributed by atoms with E-state index in [-0.39, 0.29) is 5.54 Å². The van der Waals surface area contributed by atoms with Gasteiger partial charge in [0.1, 0.15) is 0 Å².